The highest BCUT2D eigenvalue weighted by Crippen LogP contribution is 2.29. The maximum absolute atomic E-state index is 11.5. The van der Waals surface area contributed by atoms with Crippen molar-refractivity contribution in [3.8, 4) is 0 Å². The molecular weight excluding hydrogens is 242 g/mol. The predicted molar refractivity (Wildman–Crippen MR) is 74.8 cm³/mol. The zero-order valence-electron chi connectivity index (χ0n) is 10.8. The van der Waals surface area contributed by atoms with Gasteiger partial charge in [0, 0.05) is 6.54 Å². The highest BCUT2D eigenvalue weighted by molar-refractivity contribution is 6.01. The monoisotopic (exact) mass is 259 g/mol. The SMILES string of the molecule is CCN(Cc1ccco1)c1c(N)cccc1C(N)=O. The van der Waals surface area contributed by atoms with Gasteiger partial charge in [-0.3, -0.25) is 4.79 Å². The van der Waals surface area contributed by atoms with Gasteiger partial charge in [0.15, 0.2) is 0 Å². The Morgan fingerprint density at radius 2 is 2.11 bits per heavy atom. The minimum atomic E-state index is -0.486. The van der Waals surface area contributed by atoms with Crippen LogP contribution in [-0.4, -0.2) is 12.5 Å². The van der Waals surface area contributed by atoms with Crippen molar-refractivity contribution >= 4 is 17.3 Å². The Labute approximate surface area is 111 Å². The molecule has 0 bridgehead atoms. The minimum Gasteiger partial charge on any atom is -0.467 e. The van der Waals surface area contributed by atoms with E-state index < -0.39 is 5.91 Å². The summed E-state index contributed by atoms with van der Waals surface area (Å²) >= 11 is 0. The Bertz CT molecular complexity index is 564. The predicted octanol–water partition coefficient (Wildman–Crippen LogP) is 1.99. The second-order valence-electron chi connectivity index (χ2n) is 4.20. The fourth-order valence-corrected chi connectivity index (χ4v) is 2.05. The van der Waals surface area contributed by atoms with Gasteiger partial charge in [-0.2, -0.15) is 0 Å². The molecule has 0 fully saturated rings. The number of benzene rings is 1. The number of carbonyl (C=O) groups is 1. The van der Waals surface area contributed by atoms with Crippen LogP contribution in [0, 0.1) is 0 Å². The minimum absolute atomic E-state index is 0.424. The van der Waals surface area contributed by atoms with Gasteiger partial charge in [0.1, 0.15) is 5.76 Å². The van der Waals surface area contributed by atoms with Gasteiger partial charge in [0.25, 0.3) is 5.91 Å². The molecule has 1 aromatic carbocycles. The summed E-state index contributed by atoms with van der Waals surface area (Å²) in [6, 6.07) is 8.86. The number of rotatable bonds is 5. The average molecular weight is 259 g/mol. The molecule has 0 atom stereocenters. The van der Waals surface area contributed by atoms with Crippen LogP contribution >= 0.6 is 0 Å². The third-order valence-electron chi connectivity index (χ3n) is 2.96. The molecule has 5 heteroatoms. The smallest absolute Gasteiger partial charge is 0.250 e. The van der Waals surface area contributed by atoms with Gasteiger partial charge < -0.3 is 20.8 Å². The van der Waals surface area contributed by atoms with Gasteiger partial charge >= 0.3 is 0 Å². The molecule has 1 amide bonds. The molecule has 2 rings (SSSR count). The molecule has 100 valence electrons. The third kappa shape index (κ3) is 2.70. The molecule has 0 saturated heterocycles. The Kier molecular flexibility index (Phi) is 3.75. The highest BCUT2D eigenvalue weighted by atomic mass is 16.3. The number of amides is 1. The number of para-hydroxylation sites is 1. The first-order valence-corrected chi connectivity index (χ1v) is 6.09. The van der Waals surface area contributed by atoms with Crippen LogP contribution in [0.5, 0.6) is 0 Å². The van der Waals surface area contributed by atoms with Crippen LogP contribution in [0.1, 0.15) is 23.0 Å². The topological polar surface area (TPSA) is 85.5 Å². The van der Waals surface area contributed by atoms with Gasteiger partial charge in [-0.05, 0) is 31.2 Å². The number of anilines is 2. The van der Waals surface area contributed by atoms with E-state index in [-0.39, 0.29) is 0 Å². The molecule has 1 aromatic heterocycles. The average Bonchev–Trinajstić information content (AvgIpc) is 2.89. The van der Waals surface area contributed by atoms with Crippen LogP contribution in [0.4, 0.5) is 11.4 Å². The Morgan fingerprint density at radius 1 is 1.32 bits per heavy atom. The zero-order chi connectivity index (χ0) is 13.8. The normalized spacial score (nSPS) is 10.4. The van der Waals surface area contributed by atoms with E-state index in [0.717, 1.165) is 5.76 Å². The van der Waals surface area contributed by atoms with Crippen LogP contribution in [0.3, 0.4) is 0 Å². The molecule has 5 nitrogen and oxygen atoms in total. The van der Waals surface area contributed by atoms with E-state index in [2.05, 4.69) is 0 Å². The van der Waals surface area contributed by atoms with Crippen LogP contribution in [0.2, 0.25) is 0 Å². The molecule has 0 radical (unpaired) electrons. The number of nitrogens with two attached hydrogens (primary N) is 2. The van der Waals surface area contributed by atoms with E-state index in [1.807, 2.05) is 24.0 Å². The molecule has 0 saturated carbocycles. The Morgan fingerprint density at radius 3 is 2.68 bits per heavy atom. The fraction of sp³-hybridized carbons (Fsp3) is 0.214. The summed E-state index contributed by atoms with van der Waals surface area (Å²) in [6.07, 6.45) is 1.62. The first-order valence-electron chi connectivity index (χ1n) is 6.09. The standard InChI is InChI=1S/C14H17N3O2/c1-2-17(9-10-5-4-8-19-10)13-11(14(16)18)6-3-7-12(13)15/h3-8H,2,9,15H2,1H3,(H2,16,18). The molecule has 0 spiro atoms. The van der Waals surface area contributed by atoms with Crippen LogP contribution in [-0.2, 0) is 6.54 Å². The van der Waals surface area contributed by atoms with Gasteiger partial charge in [-0.25, -0.2) is 0 Å². The van der Waals surface area contributed by atoms with Crippen molar-refractivity contribution in [2.75, 3.05) is 17.2 Å². The van der Waals surface area contributed by atoms with E-state index in [4.69, 9.17) is 15.9 Å². The van der Waals surface area contributed by atoms with Gasteiger partial charge in [-0.1, -0.05) is 6.07 Å². The molecule has 0 aliphatic carbocycles. The van der Waals surface area contributed by atoms with Crippen molar-refractivity contribution in [3.05, 3.63) is 47.9 Å². The fourth-order valence-electron chi connectivity index (χ4n) is 2.05. The molecule has 2 aromatic rings. The van der Waals surface area contributed by atoms with Crippen molar-refractivity contribution < 1.29 is 9.21 Å². The summed E-state index contributed by atoms with van der Waals surface area (Å²) in [7, 11) is 0. The summed E-state index contributed by atoms with van der Waals surface area (Å²) < 4.78 is 5.33. The number of hydrogen-bond acceptors (Lipinski definition) is 4. The molecule has 1 heterocycles. The highest BCUT2D eigenvalue weighted by Gasteiger charge is 2.17. The third-order valence-corrected chi connectivity index (χ3v) is 2.96. The van der Waals surface area contributed by atoms with Crippen molar-refractivity contribution in [2.24, 2.45) is 5.73 Å². The summed E-state index contributed by atoms with van der Waals surface area (Å²) in [6.45, 7) is 3.22. The van der Waals surface area contributed by atoms with Crippen molar-refractivity contribution in [3.63, 3.8) is 0 Å². The van der Waals surface area contributed by atoms with Crippen LogP contribution < -0.4 is 16.4 Å². The van der Waals surface area contributed by atoms with E-state index in [0.29, 0.717) is 30.0 Å². The lowest BCUT2D eigenvalue weighted by molar-refractivity contribution is 0.100. The molecule has 0 aliphatic heterocycles. The Balaban J connectivity index is 2.40. The van der Waals surface area contributed by atoms with Gasteiger partial charge in [0.05, 0.1) is 29.7 Å². The molecule has 19 heavy (non-hydrogen) atoms. The maximum Gasteiger partial charge on any atom is 0.250 e. The zero-order valence-corrected chi connectivity index (χ0v) is 10.8. The molecular formula is C14H17N3O2. The quantitative estimate of drug-likeness (QED) is 0.804. The van der Waals surface area contributed by atoms with E-state index in [1.54, 1.807) is 24.5 Å². The van der Waals surface area contributed by atoms with Crippen LogP contribution in [0.25, 0.3) is 0 Å². The number of furan rings is 1. The Hall–Kier alpha value is -2.43. The van der Waals surface area contributed by atoms with Crippen molar-refractivity contribution in [1.82, 2.24) is 0 Å². The lowest BCUT2D eigenvalue weighted by Crippen LogP contribution is -2.26. The lowest BCUT2D eigenvalue weighted by atomic mass is 10.1. The number of carbonyl (C=O) groups excluding carboxylic acids is 1. The van der Waals surface area contributed by atoms with E-state index >= 15 is 0 Å². The van der Waals surface area contributed by atoms with E-state index in [9.17, 15) is 4.79 Å². The number of nitrogen functional groups attached to an aromatic ring is 1. The molecule has 0 aliphatic rings. The summed E-state index contributed by atoms with van der Waals surface area (Å²) in [4.78, 5) is 13.5. The summed E-state index contributed by atoms with van der Waals surface area (Å²) in [5.74, 6) is 0.320. The number of primary amides is 1. The summed E-state index contributed by atoms with van der Waals surface area (Å²) in [5, 5.41) is 0. The van der Waals surface area contributed by atoms with Crippen molar-refractivity contribution in [2.45, 2.75) is 13.5 Å². The van der Waals surface area contributed by atoms with E-state index in [1.165, 1.54) is 0 Å². The van der Waals surface area contributed by atoms with Crippen molar-refractivity contribution in [1.29, 1.82) is 0 Å². The largest absolute Gasteiger partial charge is 0.467 e. The summed E-state index contributed by atoms with van der Waals surface area (Å²) in [5.41, 5.74) is 13.0. The number of hydrogen-bond donors (Lipinski definition) is 2. The first-order chi connectivity index (χ1) is 9.13. The lowest BCUT2D eigenvalue weighted by Gasteiger charge is -2.25. The first kappa shape index (κ1) is 13.0. The maximum atomic E-state index is 11.5. The van der Waals surface area contributed by atoms with Gasteiger partial charge in [-0.15, -0.1) is 0 Å². The van der Waals surface area contributed by atoms with Crippen LogP contribution in [0.15, 0.2) is 41.0 Å². The molecule has 0 unspecified atom stereocenters. The second kappa shape index (κ2) is 5.48. The second-order valence-corrected chi connectivity index (χ2v) is 4.20. The number of nitrogens with zero attached hydrogens (tertiary/aromatic N) is 1. The molecule has 4 N–H and O–H groups in total. The van der Waals surface area contributed by atoms with Gasteiger partial charge in [0.2, 0.25) is 0 Å².